The second-order valence-corrected chi connectivity index (χ2v) is 4.67. The third-order valence-corrected chi connectivity index (χ3v) is 3.14. The van der Waals surface area contributed by atoms with Crippen molar-refractivity contribution in [1.82, 2.24) is 5.32 Å². The molecule has 0 heterocycles. The van der Waals surface area contributed by atoms with Crippen molar-refractivity contribution in [1.29, 1.82) is 5.26 Å². The van der Waals surface area contributed by atoms with Crippen LogP contribution in [0.2, 0.25) is 0 Å². The van der Waals surface area contributed by atoms with Crippen LogP contribution < -0.4 is 10.1 Å². The van der Waals surface area contributed by atoms with Gasteiger partial charge < -0.3 is 15.2 Å². The minimum atomic E-state index is -4.59. The number of hydrogen-bond donors (Lipinski definition) is 2. The van der Waals surface area contributed by atoms with Crippen molar-refractivity contribution in [2.24, 2.45) is 0 Å². The molecule has 112 valence electrons. The number of hydrogen-bond acceptors (Lipinski definition) is 3. The highest BCUT2D eigenvalue weighted by atomic mass is 19.4. The highest BCUT2D eigenvalue weighted by Gasteiger charge is 2.35. The Morgan fingerprint density at radius 3 is 2.62 bits per heavy atom. The Morgan fingerprint density at radius 2 is 2.10 bits per heavy atom. The molecule has 0 aromatic heterocycles. The molecule has 1 fully saturated rings. The van der Waals surface area contributed by atoms with E-state index >= 15 is 0 Å². The van der Waals surface area contributed by atoms with Crippen LogP contribution in [0.4, 0.5) is 18.0 Å². The van der Waals surface area contributed by atoms with Crippen LogP contribution in [0.3, 0.4) is 0 Å². The van der Waals surface area contributed by atoms with Crippen molar-refractivity contribution < 1.29 is 27.8 Å². The zero-order valence-electron chi connectivity index (χ0n) is 10.6. The summed E-state index contributed by atoms with van der Waals surface area (Å²) in [7, 11) is 0. The van der Waals surface area contributed by atoms with Crippen LogP contribution in [-0.4, -0.2) is 23.3 Å². The van der Waals surface area contributed by atoms with Crippen molar-refractivity contribution in [3.8, 4) is 11.8 Å². The molecule has 1 aliphatic rings. The van der Waals surface area contributed by atoms with E-state index in [1.165, 1.54) is 6.07 Å². The third kappa shape index (κ3) is 3.56. The lowest BCUT2D eigenvalue weighted by atomic mass is 9.89. The minimum absolute atomic E-state index is 0.165. The van der Waals surface area contributed by atoms with Gasteiger partial charge >= 0.3 is 12.3 Å². The second-order valence-electron chi connectivity index (χ2n) is 4.67. The first-order chi connectivity index (χ1) is 9.79. The number of alkyl halides is 3. The maximum absolute atomic E-state index is 12.6. The Bertz CT molecular complexity index is 589. The molecule has 0 bridgehead atoms. The van der Waals surface area contributed by atoms with E-state index in [4.69, 9.17) is 15.1 Å². The fourth-order valence-corrected chi connectivity index (χ4v) is 2.08. The minimum Gasteiger partial charge on any atom is -0.490 e. The number of halogens is 3. The number of carboxylic acid groups (broad SMARTS) is 1. The van der Waals surface area contributed by atoms with E-state index in [2.05, 4.69) is 5.32 Å². The molecule has 0 aliphatic heterocycles. The average Bonchev–Trinajstić information content (AvgIpc) is 2.34. The van der Waals surface area contributed by atoms with Crippen molar-refractivity contribution in [3.05, 3.63) is 29.3 Å². The van der Waals surface area contributed by atoms with Gasteiger partial charge in [-0.15, -0.1) is 0 Å². The summed E-state index contributed by atoms with van der Waals surface area (Å²) in [5.74, 6) is 0.165. The summed E-state index contributed by atoms with van der Waals surface area (Å²) in [6.45, 7) is 0. The number of carbonyl (C=O) groups is 1. The molecule has 1 aliphatic carbocycles. The molecule has 0 spiro atoms. The summed E-state index contributed by atoms with van der Waals surface area (Å²) in [6.07, 6.45) is -5.11. The summed E-state index contributed by atoms with van der Waals surface area (Å²) < 4.78 is 43.3. The van der Waals surface area contributed by atoms with Crippen molar-refractivity contribution in [2.45, 2.75) is 31.2 Å². The topological polar surface area (TPSA) is 82.3 Å². The molecule has 2 N–H and O–H groups in total. The van der Waals surface area contributed by atoms with E-state index in [-0.39, 0.29) is 17.9 Å². The molecule has 5 nitrogen and oxygen atoms in total. The summed E-state index contributed by atoms with van der Waals surface area (Å²) in [5, 5.41) is 19.6. The highest BCUT2D eigenvalue weighted by molar-refractivity contribution is 5.65. The van der Waals surface area contributed by atoms with Crippen LogP contribution in [-0.2, 0) is 6.18 Å². The molecular formula is C13H11F3N2O3. The Labute approximate surface area is 117 Å². The van der Waals surface area contributed by atoms with Gasteiger partial charge in [-0.3, -0.25) is 0 Å². The average molecular weight is 300 g/mol. The van der Waals surface area contributed by atoms with Gasteiger partial charge in [0.1, 0.15) is 11.9 Å². The first-order valence-electron chi connectivity index (χ1n) is 6.07. The fraction of sp³-hybridized carbons (Fsp3) is 0.385. The summed E-state index contributed by atoms with van der Waals surface area (Å²) in [6, 6.07) is 4.29. The van der Waals surface area contributed by atoms with Gasteiger partial charge in [0.05, 0.1) is 17.2 Å². The van der Waals surface area contributed by atoms with Crippen molar-refractivity contribution >= 4 is 6.09 Å². The quantitative estimate of drug-likeness (QED) is 0.899. The maximum Gasteiger partial charge on any atom is 0.417 e. The second kappa shape index (κ2) is 5.52. The molecule has 1 aromatic rings. The van der Waals surface area contributed by atoms with Gasteiger partial charge in [0, 0.05) is 18.9 Å². The van der Waals surface area contributed by atoms with Crippen molar-refractivity contribution in [3.63, 3.8) is 0 Å². The molecule has 0 radical (unpaired) electrons. The normalized spacial score (nSPS) is 21.0. The van der Waals surface area contributed by atoms with Gasteiger partial charge in [-0.25, -0.2) is 4.79 Å². The molecule has 21 heavy (non-hydrogen) atoms. The SMILES string of the molecule is N#Cc1cc(OC2CC(NC(=O)O)C2)ccc1C(F)(F)F. The fourth-order valence-electron chi connectivity index (χ4n) is 2.08. The van der Waals surface area contributed by atoms with Crippen LogP contribution in [0.15, 0.2) is 18.2 Å². The van der Waals surface area contributed by atoms with Gasteiger partial charge in [0.25, 0.3) is 0 Å². The van der Waals surface area contributed by atoms with Gasteiger partial charge in [-0.05, 0) is 18.2 Å². The monoisotopic (exact) mass is 300 g/mol. The molecule has 0 atom stereocenters. The lowest BCUT2D eigenvalue weighted by molar-refractivity contribution is -0.137. The Balaban J connectivity index is 2.00. The number of nitrogens with one attached hydrogen (secondary N) is 1. The summed E-state index contributed by atoms with van der Waals surface area (Å²) in [5.41, 5.74) is -1.50. The molecule has 0 unspecified atom stereocenters. The molecule has 0 saturated heterocycles. The first kappa shape index (κ1) is 15.0. The lowest BCUT2D eigenvalue weighted by Crippen LogP contribution is -2.48. The predicted octanol–water partition coefficient (Wildman–Crippen LogP) is 2.75. The lowest BCUT2D eigenvalue weighted by Gasteiger charge is -2.35. The van der Waals surface area contributed by atoms with Crippen LogP contribution in [0.1, 0.15) is 24.0 Å². The Hall–Kier alpha value is -2.43. The highest BCUT2D eigenvalue weighted by Crippen LogP contribution is 2.34. The number of amides is 1. The molecule has 1 saturated carbocycles. The molecule has 8 heteroatoms. The molecule has 1 amide bonds. The third-order valence-electron chi connectivity index (χ3n) is 3.14. The number of rotatable bonds is 3. The maximum atomic E-state index is 12.6. The van der Waals surface area contributed by atoms with E-state index in [9.17, 15) is 18.0 Å². The van der Waals surface area contributed by atoms with E-state index in [0.29, 0.717) is 12.8 Å². The zero-order valence-corrected chi connectivity index (χ0v) is 10.6. The van der Waals surface area contributed by atoms with E-state index < -0.39 is 23.4 Å². The molecule has 1 aromatic carbocycles. The summed E-state index contributed by atoms with van der Waals surface area (Å²) >= 11 is 0. The smallest absolute Gasteiger partial charge is 0.417 e. The zero-order chi connectivity index (χ0) is 15.6. The standard InChI is InChI=1S/C13H11F3N2O3/c14-13(15,16)11-2-1-9(3-7(11)6-17)21-10-4-8(5-10)18-12(19)20/h1-3,8,10,18H,4-5H2,(H,19,20). The van der Waals surface area contributed by atoms with Gasteiger partial charge in [-0.2, -0.15) is 18.4 Å². The Morgan fingerprint density at radius 1 is 1.43 bits per heavy atom. The number of benzene rings is 1. The van der Waals surface area contributed by atoms with Gasteiger partial charge in [0.15, 0.2) is 0 Å². The van der Waals surface area contributed by atoms with E-state index in [1.54, 1.807) is 0 Å². The molecule has 2 rings (SSSR count). The van der Waals surface area contributed by atoms with Crippen LogP contribution in [0.25, 0.3) is 0 Å². The van der Waals surface area contributed by atoms with Crippen LogP contribution in [0, 0.1) is 11.3 Å². The van der Waals surface area contributed by atoms with Gasteiger partial charge in [0.2, 0.25) is 0 Å². The number of ether oxygens (including phenoxy) is 1. The van der Waals surface area contributed by atoms with Gasteiger partial charge in [-0.1, -0.05) is 0 Å². The van der Waals surface area contributed by atoms with Crippen molar-refractivity contribution in [2.75, 3.05) is 0 Å². The molecular weight excluding hydrogens is 289 g/mol. The van der Waals surface area contributed by atoms with E-state index in [1.807, 2.05) is 0 Å². The largest absolute Gasteiger partial charge is 0.490 e. The first-order valence-corrected chi connectivity index (χ1v) is 6.07. The summed E-state index contributed by atoms with van der Waals surface area (Å²) in [4.78, 5) is 10.4. The van der Waals surface area contributed by atoms with Crippen LogP contribution >= 0.6 is 0 Å². The van der Waals surface area contributed by atoms with E-state index in [0.717, 1.165) is 18.2 Å². The number of nitriles is 1. The predicted molar refractivity (Wildman–Crippen MR) is 64.8 cm³/mol. The number of nitrogens with zero attached hydrogens (tertiary/aromatic N) is 1. The van der Waals surface area contributed by atoms with Crippen LogP contribution in [0.5, 0.6) is 5.75 Å². The Kier molecular flexibility index (Phi) is 3.93.